The molecule has 1 aromatic rings. The molecule has 5 nitrogen and oxygen atoms in total. The van der Waals surface area contributed by atoms with Crippen LogP contribution in [0.15, 0.2) is 20.9 Å². The molecule has 0 aliphatic rings. The first-order chi connectivity index (χ1) is 10.7. The zero-order valence-electron chi connectivity index (χ0n) is 15.0. The lowest BCUT2D eigenvalue weighted by molar-refractivity contribution is -0.128. The highest BCUT2D eigenvalue weighted by molar-refractivity contribution is 14.0. The fourth-order valence-electron chi connectivity index (χ4n) is 1.81. The van der Waals surface area contributed by atoms with E-state index in [4.69, 9.17) is 0 Å². The summed E-state index contributed by atoms with van der Waals surface area (Å²) in [4.78, 5) is 19.8. The first-order valence-corrected chi connectivity index (χ1v) is 9.37. The van der Waals surface area contributed by atoms with E-state index in [1.54, 1.807) is 11.3 Å². The maximum absolute atomic E-state index is 11.8. The Morgan fingerprint density at radius 3 is 2.50 bits per heavy atom. The van der Waals surface area contributed by atoms with Crippen LogP contribution in [0.5, 0.6) is 0 Å². The predicted molar refractivity (Wildman–Crippen MR) is 117 cm³/mol. The number of halogens is 2. The minimum Gasteiger partial charge on any atom is -0.357 e. The number of amides is 1. The summed E-state index contributed by atoms with van der Waals surface area (Å²) in [6, 6.07) is 4.16. The summed E-state index contributed by atoms with van der Waals surface area (Å²) in [5.41, 5.74) is -0.364. The van der Waals surface area contributed by atoms with Gasteiger partial charge >= 0.3 is 0 Å². The Bertz CT molecular complexity index is 542. The van der Waals surface area contributed by atoms with E-state index in [-0.39, 0.29) is 35.3 Å². The smallest absolute Gasteiger partial charge is 0.225 e. The van der Waals surface area contributed by atoms with Crippen molar-refractivity contribution in [3.8, 4) is 0 Å². The minimum atomic E-state index is -0.364. The third kappa shape index (κ3) is 8.66. The average molecular weight is 531 g/mol. The maximum atomic E-state index is 11.8. The van der Waals surface area contributed by atoms with Crippen LogP contribution < -0.4 is 10.6 Å². The molecule has 1 heterocycles. The van der Waals surface area contributed by atoms with Gasteiger partial charge in [-0.25, -0.2) is 0 Å². The Balaban J connectivity index is 0.00000529. The molecule has 0 saturated heterocycles. The molecule has 0 saturated carbocycles. The quantitative estimate of drug-likeness (QED) is 0.255. The van der Waals surface area contributed by atoms with Crippen LogP contribution in [0.3, 0.4) is 0 Å². The highest BCUT2D eigenvalue weighted by Gasteiger charge is 2.20. The summed E-state index contributed by atoms with van der Waals surface area (Å²) >= 11 is 5.21. The van der Waals surface area contributed by atoms with Gasteiger partial charge in [-0.2, -0.15) is 0 Å². The second-order valence-corrected chi connectivity index (χ2v) is 8.85. The molecule has 0 unspecified atom stereocenters. The standard InChI is InChI=1S/C16H27BrN4OS.HI/c1-6-18-15(20-10-9-19-14(22)16(2,3)4)21(5)11-12-7-8-13(17)23-12;/h7-8H,6,9-11H2,1-5H3,(H,18,20)(H,19,22);1H. The van der Waals surface area contributed by atoms with Crippen LogP contribution in [0.2, 0.25) is 0 Å². The van der Waals surface area contributed by atoms with Gasteiger partial charge < -0.3 is 15.5 Å². The molecule has 2 N–H and O–H groups in total. The van der Waals surface area contributed by atoms with Crippen molar-refractivity contribution in [2.75, 3.05) is 26.7 Å². The summed E-state index contributed by atoms with van der Waals surface area (Å²) in [7, 11) is 2.02. The lowest BCUT2D eigenvalue weighted by Gasteiger charge is -2.21. The molecule has 0 atom stereocenters. The molecular formula is C16H28BrIN4OS. The number of guanidine groups is 1. The summed E-state index contributed by atoms with van der Waals surface area (Å²) in [5.74, 6) is 0.900. The fraction of sp³-hybridized carbons (Fsp3) is 0.625. The van der Waals surface area contributed by atoms with Crippen molar-refractivity contribution in [3.05, 3.63) is 20.8 Å². The number of nitrogens with zero attached hydrogens (tertiary/aromatic N) is 2. The molecular weight excluding hydrogens is 503 g/mol. The molecule has 1 amide bonds. The van der Waals surface area contributed by atoms with Gasteiger partial charge in [0, 0.05) is 30.4 Å². The third-order valence-electron chi connectivity index (χ3n) is 3.06. The minimum absolute atomic E-state index is 0. The number of aliphatic imine (C=N–C) groups is 1. The average Bonchev–Trinajstić information content (AvgIpc) is 2.86. The van der Waals surface area contributed by atoms with Crippen molar-refractivity contribution in [1.82, 2.24) is 15.5 Å². The second-order valence-electron chi connectivity index (χ2n) is 6.30. The van der Waals surface area contributed by atoms with Gasteiger partial charge in [-0.15, -0.1) is 35.3 Å². The lowest BCUT2D eigenvalue weighted by atomic mass is 9.96. The van der Waals surface area contributed by atoms with Crippen LogP contribution in [-0.4, -0.2) is 43.4 Å². The van der Waals surface area contributed by atoms with Gasteiger partial charge in [-0.1, -0.05) is 20.8 Å². The van der Waals surface area contributed by atoms with E-state index in [0.717, 1.165) is 22.8 Å². The van der Waals surface area contributed by atoms with Crippen molar-refractivity contribution in [1.29, 1.82) is 0 Å². The van der Waals surface area contributed by atoms with Crippen LogP contribution in [0, 0.1) is 5.41 Å². The number of carbonyl (C=O) groups is 1. The van der Waals surface area contributed by atoms with E-state index in [1.807, 2.05) is 34.7 Å². The van der Waals surface area contributed by atoms with E-state index in [1.165, 1.54) is 4.88 Å². The SMILES string of the molecule is CCNC(=NCCNC(=O)C(C)(C)C)N(C)Cc1ccc(Br)s1.I. The van der Waals surface area contributed by atoms with Gasteiger partial charge in [-0.05, 0) is 35.0 Å². The van der Waals surface area contributed by atoms with Gasteiger partial charge in [0.2, 0.25) is 5.91 Å². The Morgan fingerprint density at radius 1 is 1.33 bits per heavy atom. The van der Waals surface area contributed by atoms with Crippen LogP contribution >= 0.6 is 51.2 Å². The highest BCUT2D eigenvalue weighted by Crippen LogP contribution is 2.22. The van der Waals surface area contributed by atoms with Gasteiger partial charge in [-0.3, -0.25) is 9.79 Å². The summed E-state index contributed by atoms with van der Waals surface area (Å²) in [6.07, 6.45) is 0. The van der Waals surface area contributed by atoms with Crippen molar-refractivity contribution in [2.45, 2.75) is 34.2 Å². The van der Waals surface area contributed by atoms with E-state index in [2.05, 4.69) is 48.6 Å². The van der Waals surface area contributed by atoms with Crippen LogP contribution in [-0.2, 0) is 11.3 Å². The summed E-state index contributed by atoms with van der Waals surface area (Å²) in [6.45, 7) is 10.5. The maximum Gasteiger partial charge on any atom is 0.225 e. The van der Waals surface area contributed by atoms with Gasteiger partial charge in [0.25, 0.3) is 0 Å². The molecule has 0 aliphatic heterocycles. The number of rotatable bonds is 6. The zero-order chi connectivity index (χ0) is 17.5. The number of carbonyl (C=O) groups excluding carboxylic acids is 1. The molecule has 24 heavy (non-hydrogen) atoms. The Labute approximate surface area is 174 Å². The van der Waals surface area contributed by atoms with Crippen LogP contribution in [0.4, 0.5) is 0 Å². The number of nitrogens with one attached hydrogen (secondary N) is 2. The van der Waals surface area contributed by atoms with E-state index < -0.39 is 0 Å². The molecule has 0 aliphatic carbocycles. The van der Waals surface area contributed by atoms with Gasteiger partial charge in [0.1, 0.15) is 0 Å². The van der Waals surface area contributed by atoms with Gasteiger partial charge in [0.15, 0.2) is 5.96 Å². The van der Waals surface area contributed by atoms with Crippen molar-refractivity contribution in [2.24, 2.45) is 10.4 Å². The summed E-state index contributed by atoms with van der Waals surface area (Å²) < 4.78 is 1.13. The zero-order valence-corrected chi connectivity index (χ0v) is 19.7. The first-order valence-electron chi connectivity index (χ1n) is 7.76. The molecule has 8 heteroatoms. The predicted octanol–water partition coefficient (Wildman–Crippen LogP) is 3.69. The molecule has 1 rings (SSSR count). The molecule has 0 spiro atoms. The molecule has 1 aromatic heterocycles. The molecule has 0 fully saturated rings. The first kappa shape index (κ1) is 23.6. The van der Waals surface area contributed by atoms with Gasteiger partial charge in [0.05, 0.1) is 16.9 Å². The normalized spacial score (nSPS) is 11.7. The Hall–Kier alpha value is -0.350. The molecule has 0 bridgehead atoms. The number of hydrogen-bond donors (Lipinski definition) is 2. The van der Waals surface area contributed by atoms with E-state index in [0.29, 0.717) is 13.1 Å². The van der Waals surface area contributed by atoms with Crippen molar-refractivity contribution < 1.29 is 4.79 Å². The fourth-order valence-corrected chi connectivity index (χ4v) is 3.35. The Kier molecular flexibility index (Phi) is 11.1. The van der Waals surface area contributed by atoms with Crippen LogP contribution in [0.1, 0.15) is 32.6 Å². The molecule has 0 radical (unpaired) electrons. The van der Waals surface area contributed by atoms with Crippen molar-refractivity contribution in [3.63, 3.8) is 0 Å². The number of thiophene rings is 1. The van der Waals surface area contributed by atoms with Crippen LogP contribution in [0.25, 0.3) is 0 Å². The lowest BCUT2D eigenvalue weighted by Crippen LogP contribution is -2.40. The number of hydrogen-bond acceptors (Lipinski definition) is 3. The third-order valence-corrected chi connectivity index (χ3v) is 4.67. The second kappa shape index (κ2) is 11.3. The highest BCUT2D eigenvalue weighted by atomic mass is 127. The summed E-state index contributed by atoms with van der Waals surface area (Å²) in [5, 5.41) is 6.20. The van der Waals surface area contributed by atoms with E-state index >= 15 is 0 Å². The molecule has 138 valence electrons. The monoisotopic (exact) mass is 530 g/mol. The topological polar surface area (TPSA) is 56.7 Å². The van der Waals surface area contributed by atoms with E-state index in [9.17, 15) is 4.79 Å². The Morgan fingerprint density at radius 2 is 2.00 bits per heavy atom. The molecule has 0 aromatic carbocycles. The largest absolute Gasteiger partial charge is 0.357 e. The van der Waals surface area contributed by atoms with Crippen molar-refractivity contribution >= 4 is 63.1 Å².